The lowest BCUT2D eigenvalue weighted by molar-refractivity contribution is 0.246. The largest absolute Gasteiger partial charge is 0.496 e. The van der Waals surface area contributed by atoms with Gasteiger partial charge in [-0.05, 0) is 25.1 Å². The Morgan fingerprint density at radius 2 is 1.92 bits per heavy atom. The van der Waals surface area contributed by atoms with Gasteiger partial charge < -0.3 is 9.64 Å². The number of piperazine rings is 1. The van der Waals surface area contributed by atoms with Gasteiger partial charge in [0.05, 0.1) is 12.8 Å². The number of methoxy groups -OCH3 is 1. The summed E-state index contributed by atoms with van der Waals surface area (Å²) < 4.78 is 19.3. The Hall–Kier alpha value is -2.58. The second-order valence-corrected chi connectivity index (χ2v) is 6.32. The minimum Gasteiger partial charge on any atom is -0.496 e. The second-order valence-electron chi connectivity index (χ2n) is 6.32. The molecule has 4 nitrogen and oxygen atoms in total. The second kappa shape index (κ2) is 7.54. The van der Waals surface area contributed by atoms with E-state index >= 15 is 0 Å². The lowest BCUT2D eigenvalue weighted by atomic mass is 10.1. The summed E-state index contributed by atoms with van der Waals surface area (Å²) in [6, 6.07) is 13.0. The van der Waals surface area contributed by atoms with E-state index in [0.717, 1.165) is 38.5 Å². The highest BCUT2D eigenvalue weighted by Gasteiger charge is 2.21. The first kappa shape index (κ1) is 17.2. The van der Waals surface area contributed by atoms with Crippen LogP contribution in [0.5, 0.6) is 5.75 Å². The Morgan fingerprint density at radius 3 is 2.60 bits per heavy atom. The summed E-state index contributed by atoms with van der Waals surface area (Å²) in [5.41, 5.74) is 3.22. The predicted molar refractivity (Wildman–Crippen MR) is 96.3 cm³/mol. The van der Waals surface area contributed by atoms with Crippen LogP contribution in [0, 0.1) is 24.1 Å². The van der Waals surface area contributed by atoms with Crippen molar-refractivity contribution in [1.29, 1.82) is 5.26 Å². The van der Waals surface area contributed by atoms with E-state index in [1.807, 2.05) is 24.3 Å². The minimum absolute atomic E-state index is 0.135. The van der Waals surface area contributed by atoms with Crippen LogP contribution < -0.4 is 9.64 Å². The monoisotopic (exact) mass is 339 g/mol. The summed E-state index contributed by atoms with van der Waals surface area (Å²) in [6.07, 6.45) is 0. The van der Waals surface area contributed by atoms with Crippen LogP contribution in [0.3, 0.4) is 0 Å². The summed E-state index contributed by atoms with van der Waals surface area (Å²) in [4.78, 5) is 4.45. The summed E-state index contributed by atoms with van der Waals surface area (Å²) in [5, 5.41) is 9.22. The molecule has 0 spiro atoms. The van der Waals surface area contributed by atoms with Gasteiger partial charge in [-0.3, -0.25) is 4.90 Å². The molecule has 0 N–H and O–H groups in total. The highest BCUT2D eigenvalue weighted by Crippen LogP contribution is 2.25. The minimum atomic E-state index is -0.452. The van der Waals surface area contributed by atoms with Gasteiger partial charge in [0, 0.05) is 38.3 Å². The fourth-order valence-corrected chi connectivity index (χ4v) is 3.31. The Kier molecular flexibility index (Phi) is 5.20. The molecule has 0 aliphatic carbocycles. The maximum absolute atomic E-state index is 13.8. The number of ether oxygens (including phenoxy) is 1. The Balaban J connectivity index is 1.68. The molecule has 0 amide bonds. The van der Waals surface area contributed by atoms with Gasteiger partial charge in [0.25, 0.3) is 0 Å². The van der Waals surface area contributed by atoms with Gasteiger partial charge in [0.1, 0.15) is 23.2 Å². The maximum atomic E-state index is 13.8. The molecule has 0 aromatic heterocycles. The number of aryl methyl sites for hydroxylation is 1. The molecular weight excluding hydrogens is 317 g/mol. The zero-order valence-electron chi connectivity index (χ0n) is 14.6. The van der Waals surface area contributed by atoms with E-state index in [1.54, 1.807) is 13.2 Å². The quantitative estimate of drug-likeness (QED) is 0.856. The van der Waals surface area contributed by atoms with Crippen LogP contribution >= 0.6 is 0 Å². The van der Waals surface area contributed by atoms with Gasteiger partial charge in [-0.1, -0.05) is 23.8 Å². The molecule has 1 aliphatic heterocycles. The van der Waals surface area contributed by atoms with Gasteiger partial charge in [0.2, 0.25) is 0 Å². The fraction of sp³-hybridized carbons (Fsp3) is 0.350. The summed E-state index contributed by atoms with van der Waals surface area (Å²) in [5.74, 6) is 0.455. The molecule has 5 heteroatoms. The zero-order chi connectivity index (χ0) is 17.8. The predicted octanol–water partition coefficient (Wildman–Crippen LogP) is 3.34. The van der Waals surface area contributed by atoms with Crippen molar-refractivity contribution in [2.24, 2.45) is 0 Å². The van der Waals surface area contributed by atoms with Crippen molar-refractivity contribution < 1.29 is 9.13 Å². The van der Waals surface area contributed by atoms with Crippen molar-refractivity contribution in [2.75, 3.05) is 38.2 Å². The Labute approximate surface area is 148 Å². The summed E-state index contributed by atoms with van der Waals surface area (Å²) in [7, 11) is 1.69. The van der Waals surface area contributed by atoms with Crippen molar-refractivity contribution in [3.8, 4) is 11.8 Å². The maximum Gasteiger partial charge on any atom is 0.143 e. The van der Waals surface area contributed by atoms with E-state index < -0.39 is 5.82 Å². The first-order valence-corrected chi connectivity index (χ1v) is 8.42. The fourth-order valence-electron chi connectivity index (χ4n) is 3.31. The molecule has 0 atom stereocenters. The molecule has 0 bridgehead atoms. The van der Waals surface area contributed by atoms with E-state index in [9.17, 15) is 9.65 Å². The van der Waals surface area contributed by atoms with Crippen molar-refractivity contribution in [3.63, 3.8) is 0 Å². The number of halogens is 1. The normalized spacial score (nSPS) is 15.0. The van der Waals surface area contributed by atoms with E-state index in [4.69, 9.17) is 4.74 Å². The third-order valence-corrected chi connectivity index (χ3v) is 4.65. The molecule has 3 rings (SSSR count). The van der Waals surface area contributed by atoms with E-state index in [0.29, 0.717) is 5.69 Å². The molecule has 130 valence electrons. The standard InChI is InChI=1S/C20H22FN3O/c1-15-6-7-20(25-2)16(12-15)14-23-8-10-24(11-9-23)19-5-3-4-18(21)17(19)13-22/h3-7,12H,8-11,14H2,1-2H3. The number of hydrogen-bond donors (Lipinski definition) is 0. The number of nitriles is 1. The molecule has 0 unspecified atom stereocenters. The molecule has 0 radical (unpaired) electrons. The Morgan fingerprint density at radius 1 is 1.16 bits per heavy atom. The highest BCUT2D eigenvalue weighted by molar-refractivity contribution is 5.60. The third-order valence-electron chi connectivity index (χ3n) is 4.65. The molecular formula is C20H22FN3O. The van der Waals surface area contributed by atoms with Crippen LogP contribution in [0.1, 0.15) is 16.7 Å². The van der Waals surface area contributed by atoms with Gasteiger partial charge >= 0.3 is 0 Å². The lowest BCUT2D eigenvalue weighted by Gasteiger charge is -2.36. The van der Waals surface area contributed by atoms with Crippen LogP contribution in [-0.4, -0.2) is 38.2 Å². The van der Waals surface area contributed by atoms with Gasteiger partial charge in [0.15, 0.2) is 0 Å². The van der Waals surface area contributed by atoms with Crippen molar-refractivity contribution in [1.82, 2.24) is 4.90 Å². The molecule has 2 aromatic rings. The number of anilines is 1. The average Bonchev–Trinajstić information content (AvgIpc) is 2.62. The topological polar surface area (TPSA) is 39.5 Å². The highest BCUT2D eigenvalue weighted by atomic mass is 19.1. The van der Waals surface area contributed by atoms with Crippen LogP contribution in [0.2, 0.25) is 0 Å². The molecule has 1 saturated heterocycles. The van der Waals surface area contributed by atoms with Crippen LogP contribution in [0.15, 0.2) is 36.4 Å². The molecule has 1 aliphatic rings. The van der Waals surface area contributed by atoms with Crippen molar-refractivity contribution >= 4 is 5.69 Å². The van der Waals surface area contributed by atoms with Gasteiger partial charge in [-0.2, -0.15) is 5.26 Å². The first-order chi connectivity index (χ1) is 12.1. The molecule has 1 fully saturated rings. The smallest absolute Gasteiger partial charge is 0.143 e. The van der Waals surface area contributed by atoms with Crippen LogP contribution in [0.4, 0.5) is 10.1 Å². The molecule has 2 aromatic carbocycles. The summed E-state index contributed by atoms with van der Waals surface area (Å²) in [6.45, 7) is 6.16. The van der Waals surface area contributed by atoms with E-state index in [-0.39, 0.29) is 5.56 Å². The Bertz CT molecular complexity index is 792. The molecule has 1 heterocycles. The van der Waals surface area contributed by atoms with E-state index in [1.165, 1.54) is 17.2 Å². The number of rotatable bonds is 4. The van der Waals surface area contributed by atoms with Crippen molar-refractivity contribution in [2.45, 2.75) is 13.5 Å². The number of nitrogens with zero attached hydrogens (tertiary/aromatic N) is 3. The van der Waals surface area contributed by atoms with Crippen LogP contribution in [-0.2, 0) is 6.54 Å². The number of hydrogen-bond acceptors (Lipinski definition) is 4. The number of benzene rings is 2. The SMILES string of the molecule is COc1ccc(C)cc1CN1CCN(c2cccc(F)c2C#N)CC1. The van der Waals surface area contributed by atoms with Crippen LogP contribution in [0.25, 0.3) is 0 Å². The van der Waals surface area contributed by atoms with Crippen molar-refractivity contribution in [3.05, 3.63) is 58.9 Å². The lowest BCUT2D eigenvalue weighted by Crippen LogP contribution is -2.46. The van der Waals surface area contributed by atoms with Gasteiger partial charge in [-0.25, -0.2) is 4.39 Å². The summed E-state index contributed by atoms with van der Waals surface area (Å²) >= 11 is 0. The average molecular weight is 339 g/mol. The van der Waals surface area contributed by atoms with E-state index in [2.05, 4.69) is 22.8 Å². The zero-order valence-corrected chi connectivity index (χ0v) is 14.6. The molecule has 25 heavy (non-hydrogen) atoms. The third kappa shape index (κ3) is 3.75. The first-order valence-electron chi connectivity index (χ1n) is 8.42. The molecule has 0 saturated carbocycles. The van der Waals surface area contributed by atoms with Gasteiger partial charge in [-0.15, -0.1) is 0 Å².